The minimum Gasteiger partial charge on any atom is -0.177 e. The molecule has 23 heavy (non-hydrogen) atoms. The predicted molar refractivity (Wildman–Crippen MR) is 82.0 cm³/mol. The minimum atomic E-state index is 0.519. The van der Waals surface area contributed by atoms with E-state index in [1.54, 1.807) is 4.80 Å². The van der Waals surface area contributed by atoms with Gasteiger partial charge in [0.1, 0.15) is 0 Å². The molecule has 0 bridgehead atoms. The standard InChI is InChI=1S/C15H12N8/c1-2-6-12(7-3-1)15-18-22-23(19-15)10-11-5-4-8-13(9-11)14-16-20-21-17-14/h1-9H,10H2,(H,16,17,20,21). The third-order valence-electron chi connectivity index (χ3n) is 3.34. The maximum absolute atomic E-state index is 4.41. The van der Waals surface area contributed by atoms with Crippen LogP contribution in [0.4, 0.5) is 0 Å². The molecule has 0 aliphatic carbocycles. The second-order valence-corrected chi connectivity index (χ2v) is 4.95. The highest BCUT2D eigenvalue weighted by Crippen LogP contribution is 2.16. The molecule has 2 aromatic carbocycles. The van der Waals surface area contributed by atoms with Gasteiger partial charge in [0.15, 0.2) is 0 Å². The summed E-state index contributed by atoms with van der Waals surface area (Å²) < 4.78 is 0. The number of hydrogen-bond donors (Lipinski definition) is 1. The number of rotatable bonds is 4. The van der Waals surface area contributed by atoms with Crippen molar-refractivity contribution in [3.63, 3.8) is 0 Å². The highest BCUT2D eigenvalue weighted by atomic mass is 15.6. The molecule has 8 heteroatoms. The zero-order chi connectivity index (χ0) is 15.5. The molecule has 0 aliphatic heterocycles. The van der Waals surface area contributed by atoms with E-state index >= 15 is 0 Å². The van der Waals surface area contributed by atoms with Crippen molar-refractivity contribution >= 4 is 0 Å². The van der Waals surface area contributed by atoms with E-state index in [-0.39, 0.29) is 0 Å². The van der Waals surface area contributed by atoms with Crippen molar-refractivity contribution in [3.8, 4) is 22.8 Å². The molecule has 0 saturated heterocycles. The Morgan fingerprint density at radius 1 is 0.870 bits per heavy atom. The summed E-state index contributed by atoms with van der Waals surface area (Å²) in [7, 11) is 0. The predicted octanol–water partition coefficient (Wildman–Crippen LogP) is 1.57. The fourth-order valence-corrected chi connectivity index (χ4v) is 2.27. The van der Waals surface area contributed by atoms with E-state index in [9.17, 15) is 0 Å². The first-order chi connectivity index (χ1) is 11.4. The van der Waals surface area contributed by atoms with Crippen molar-refractivity contribution < 1.29 is 0 Å². The van der Waals surface area contributed by atoms with E-state index in [1.165, 1.54) is 0 Å². The average molecular weight is 304 g/mol. The normalized spacial score (nSPS) is 10.8. The van der Waals surface area contributed by atoms with Gasteiger partial charge in [-0.15, -0.1) is 20.4 Å². The molecule has 1 N–H and O–H groups in total. The van der Waals surface area contributed by atoms with E-state index in [4.69, 9.17) is 0 Å². The van der Waals surface area contributed by atoms with Crippen LogP contribution in [-0.2, 0) is 6.54 Å². The number of benzene rings is 2. The van der Waals surface area contributed by atoms with Gasteiger partial charge in [0.05, 0.1) is 6.54 Å². The number of H-pyrrole nitrogens is 1. The minimum absolute atomic E-state index is 0.519. The third kappa shape index (κ3) is 2.82. The summed E-state index contributed by atoms with van der Waals surface area (Å²) in [6.45, 7) is 0.519. The molecule has 0 atom stereocenters. The molecule has 2 aromatic heterocycles. The van der Waals surface area contributed by atoms with Gasteiger partial charge in [-0.25, -0.2) is 0 Å². The molecule has 112 valence electrons. The lowest BCUT2D eigenvalue weighted by molar-refractivity contribution is 0.573. The van der Waals surface area contributed by atoms with Gasteiger partial charge in [-0.2, -0.15) is 10.0 Å². The molecule has 0 saturated carbocycles. The summed E-state index contributed by atoms with van der Waals surface area (Å²) in [4.78, 5) is 1.57. The van der Waals surface area contributed by atoms with E-state index in [2.05, 4.69) is 36.0 Å². The number of nitrogens with one attached hydrogen (secondary N) is 1. The van der Waals surface area contributed by atoms with Crippen LogP contribution < -0.4 is 0 Å². The average Bonchev–Trinajstić information content (AvgIpc) is 3.28. The fourth-order valence-electron chi connectivity index (χ4n) is 2.27. The lowest BCUT2D eigenvalue weighted by Gasteiger charge is -2.01. The maximum atomic E-state index is 4.41. The fraction of sp³-hybridized carbons (Fsp3) is 0.0667. The van der Waals surface area contributed by atoms with Gasteiger partial charge < -0.3 is 0 Å². The Balaban J connectivity index is 1.57. The maximum Gasteiger partial charge on any atom is 0.204 e. The van der Waals surface area contributed by atoms with Crippen LogP contribution in [0.5, 0.6) is 0 Å². The SMILES string of the molecule is c1ccc(-c2nnn(Cc3cccc(-c4nn[nH]n4)c3)n2)cc1. The number of aromatic amines is 1. The summed E-state index contributed by atoms with van der Waals surface area (Å²) in [6.07, 6.45) is 0. The smallest absolute Gasteiger partial charge is 0.177 e. The van der Waals surface area contributed by atoms with E-state index in [1.807, 2.05) is 54.6 Å². The first kappa shape index (κ1) is 13.3. The number of tetrazole rings is 2. The topological polar surface area (TPSA) is 98.1 Å². The van der Waals surface area contributed by atoms with Crippen LogP contribution in [0.15, 0.2) is 54.6 Å². The molecule has 0 spiro atoms. The van der Waals surface area contributed by atoms with E-state index in [0.29, 0.717) is 18.2 Å². The number of hydrogen-bond acceptors (Lipinski definition) is 6. The first-order valence-electron chi connectivity index (χ1n) is 7.04. The van der Waals surface area contributed by atoms with Crippen molar-refractivity contribution in [1.82, 2.24) is 40.8 Å². The van der Waals surface area contributed by atoms with Crippen LogP contribution in [0.1, 0.15) is 5.56 Å². The van der Waals surface area contributed by atoms with Gasteiger partial charge in [0.25, 0.3) is 0 Å². The second-order valence-electron chi connectivity index (χ2n) is 4.95. The molecule has 4 aromatic rings. The molecule has 0 radical (unpaired) electrons. The number of nitrogens with zero attached hydrogens (tertiary/aromatic N) is 7. The van der Waals surface area contributed by atoms with Crippen molar-refractivity contribution in [1.29, 1.82) is 0 Å². The molecule has 0 amide bonds. The van der Waals surface area contributed by atoms with Crippen LogP contribution in [0.3, 0.4) is 0 Å². The van der Waals surface area contributed by atoms with Crippen molar-refractivity contribution in [2.75, 3.05) is 0 Å². The Morgan fingerprint density at radius 2 is 1.74 bits per heavy atom. The van der Waals surface area contributed by atoms with E-state index in [0.717, 1.165) is 16.7 Å². The molecular weight excluding hydrogens is 292 g/mol. The van der Waals surface area contributed by atoms with Gasteiger partial charge in [0.2, 0.25) is 11.6 Å². The quantitative estimate of drug-likeness (QED) is 0.614. The van der Waals surface area contributed by atoms with Gasteiger partial charge in [-0.1, -0.05) is 48.5 Å². The summed E-state index contributed by atoms with van der Waals surface area (Å²) in [5, 5.41) is 26.6. The largest absolute Gasteiger partial charge is 0.204 e. The highest BCUT2D eigenvalue weighted by molar-refractivity contribution is 5.55. The summed E-state index contributed by atoms with van der Waals surface area (Å²) in [6, 6.07) is 17.6. The Bertz CT molecular complexity index is 898. The van der Waals surface area contributed by atoms with Gasteiger partial charge in [0, 0.05) is 11.1 Å². The second kappa shape index (κ2) is 5.76. The Labute approximate surface area is 131 Å². The van der Waals surface area contributed by atoms with Crippen LogP contribution >= 0.6 is 0 Å². The Hall–Kier alpha value is -3.42. The summed E-state index contributed by atoms with van der Waals surface area (Å²) in [5.74, 6) is 1.17. The van der Waals surface area contributed by atoms with Crippen LogP contribution in [0, 0.1) is 0 Å². The van der Waals surface area contributed by atoms with Crippen LogP contribution in [0.25, 0.3) is 22.8 Å². The number of aromatic nitrogens is 8. The molecule has 2 heterocycles. The summed E-state index contributed by atoms with van der Waals surface area (Å²) in [5.41, 5.74) is 2.86. The lowest BCUT2D eigenvalue weighted by atomic mass is 10.1. The van der Waals surface area contributed by atoms with Gasteiger partial charge in [-0.3, -0.25) is 0 Å². The van der Waals surface area contributed by atoms with Gasteiger partial charge in [-0.05, 0) is 22.1 Å². The zero-order valence-electron chi connectivity index (χ0n) is 12.0. The van der Waals surface area contributed by atoms with Crippen molar-refractivity contribution in [2.45, 2.75) is 6.54 Å². The molecule has 0 fully saturated rings. The molecular formula is C15H12N8. The zero-order valence-corrected chi connectivity index (χ0v) is 12.0. The first-order valence-corrected chi connectivity index (χ1v) is 7.04. The highest BCUT2D eigenvalue weighted by Gasteiger charge is 2.07. The van der Waals surface area contributed by atoms with Crippen molar-refractivity contribution in [3.05, 3.63) is 60.2 Å². The Morgan fingerprint density at radius 3 is 2.57 bits per heavy atom. The molecule has 0 aliphatic rings. The molecule has 0 unspecified atom stereocenters. The monoisotopic (exact) mass is 304 g/mol. The van der Waals surface area contributed by atoms with Crippen LogP contribution in [0.2, 0.25) is 0 Å². The lowest BCUT2D eigenvalue weighted by Crippen LogP contribution is -2.04. The molecule has 8 nitrogen and oxygen atoms in total. The third-order valence-corrected chi connectivity index (χ3v) is 3.34. The van der Waals surface area contributed by atoms with Crippen molar-refractivity contribution in [2.24, 2.45) is 0 Å². The summed E-state index contributed by atoms with van der Waals surface area (Å²) >= 11 is 0. The van der Waals surface area contributed by atoms with E-state index < -0.39 is 0 Å². The Kier molecular flexibility index (Phi) is 3.32. The van der Waals surface area contributed by atoms with Gasteiger partial charge >= 0.3 is 0 Å². The van der Waals surface area contributed by atoms with Crippen LogP contribution in [-0.4, -0.2) is 40.8 Å². The molecule has 4 rings (SSSR count).